The van der Waals surface area contributed by atoms with Crippen LogP contribution in [0.3, 0.4) is 0 Å². The van der Waals surface area contributed by atoms with Gasteiger partial charge < -0.3 is 5.73 Å². The first-order valence-corrected chi connectivity index (χ1v) is 4.55. The number of amides is 1. The average Bonchev–Trinajstić information content (AvgIpc) is 2.09. The van der Waals surface area contributed by atoms with E-state index in [1.165, 1.54) is 0 Å². The topological polar surface area (TPSA) is 43.1 Å². The van der Waals surface area contributed by atoms with Crippen molar-refractivity contribution in [3.63, 3.8) is 0 Å². The van der Waals surface area contributed by atoms with E-state index in [2.05, 4.69) is 15.9 Å². The molecule has 3 heteroatoms. The molecule has 1 rings (SSSR count). The van der Waals surface area contributed by atoms with Crippen molar-refractivity contribution in [2.45, 2.75) is 13.8 Å². The van der Waals surface area contributed by atoms with Gasteiger partial charge in [-0.1, -0.05) is 29.8 Å². The zero-order valence-electron chi connectivity index (χ0n) is 7.17. The highest BCUT2D eigenvalue weighted by molar-refractivity contribution is 9.10. The molecule has 0 bridgehead atoms. The molecule has 0 spiro atoms. The van der Waals surface area contributed by atoms with Crippen molar-refractivity contribution in [1.29, 1.82) is 0 Å². The van der Waals surface area contributed by atoms with E-state index in [9.17, 15) is 4.79 Å². The minimum atomic E-state index is -0.396. The van der Waals surface area contributed by atoms with Gasteiger partial charge in [0.1, 0.15) is 0 Å². The summed E-state index contributed by atoms with van der Waals surface area (Å²) < 4.78 is 0.942. The Morgan fingerprint density at radius 2 is 1.67 bits per heavy atom. The SMILES string of the molecule is CC.NC(=O)c1ccc(Br)cc1. The molecule has 0 heterocycles. The summed E-state index contributed by atoms with van der Waals surface area (Å²) in [5, 5.41) is 0. The highest BCUT2D eigenvalue weighted by Crippen LogP contribution is 2.09. The van der Waals surface area contributed by atoms with Gasteiger partial charge in [-0.05, 0) is 24.3 Å². The maximum absolute atomic E-state index is 10.5. The standard InChI is InChI=1S/C7H6BrNO.C2H6/c8-6-3-1-5(2-4-6)7(9)10;1-2/h1-4H,(H2,9,10);1-2H3. The van der Waals surface area contributed by atoms with Crippen LogP contribution in [0, 0.1) is 0 Å². The van der Waals surface area contributed by atoms with Gasteiger partial charge in [0.05, 0.1) is 0 Å². The van der Waals surface area contributed by atoms with E-state index in [1.54, 1.807) is 24.3 Å². The lowest BCUT2D eigenvalue weighted by atomic mass is 10.2. The van der Waals surface area contributed by atoms with Crippen molar-refractivity contribution in [2.75, 3.05) is 0 Å². The first-order chi connectivity index (χ1) is 5.70. The van der Waals surface area contributed by atoms with Crippen molar-refractivity contribution in [1.82, 2.24) is 0 Å². The predicted octanol–water partition coefficient (Wildman–Crippen LogP) is 2.57. The fourth-order valence-electron chi connectivity index (χ4n) is 0.614. The molecule has 66 valence electrons. The Bertz CT molecular complexity index is 243. The van der Waals surface area contributed by atoms with Crippen molar-refractivity contribution in [3.8, 4) is 0 Å². The summed E-state index contributed by atoms with van der Waals surface area (Å²) in [6.45, 7) is 4.00. The van der Waals surface area contributed by atoms with E-state index in [0.717, 1.165) is 4.47 Å². The van der Waals surface area contributed by atoms with E-state index < -0.39 is 5.91 Å². The fraction of sp³-hybridized carbons (Fsp3) is 0.222. The molecule has 1 aromatic rings. The van der Waals surface area contributed by atoms with Crippen LogP contribution in [-0.4, -0.2) is 5.91 Å². The van der Waals surface area contributed by atoms with E-state index in [4.69, 9.17) is 5.73 Å². The summed E-state index contributed by atoms with van der Waals surface area (Å²) in [7, 11) is 0. The van der Waals surface area contributed by atoms with Gasteiger partial charge in [-0.2, -0.15) is 0 Å². The highest BCUT2D eigenvalue weighted by atomic mass is 79.9. The number of carbonyl (C=O) groups excluding carboxylic acids is 1. The van der Waals surface area contributed by atoms with Crippen LogP contribution < -0.4 is 5.73 Å². The van der Waals surface area contributed by atoms with E-state index in [1.807, 2.05) is 13.8 Å². The Kier molecular flexibility index (Phi) is 5.37. The van der Waals surface area contributed by atoms with Gasteiger partial charge in [-0.15, -0.1) is 0 Å². The van der Waals surface area contributed by atoms with Crippen molar-refractivity contribution >= 4 is 21.8 Å². The molecule has 0 saturated heterocycles. The fourth-order valence-corrected chi connectivity index (χ4v) is 0.878. The van der Waals surface area contributed by atoms with Crippen LogP contribution >= 0.6 is 15.9 Å². The lowest BCUT2D eigenvalue weighted by molar-refractivity contribution is 0.100. The van der Waals surface area contributed by atoms with Crippen LogP contribution in [0.5, 0.6) is 0 Å². The molecular formula is C9H12BrNO. The number of primary amides is 1. The molecule has 0 saturated carbocycles. The monoisotopic (exact) mass is 229 g/mol. The first kappa shape index (κ1) is 11.2. The molecule has 2 nitrogen and oxygen atoms in total. The summed E-state index contributed by atoms with van der Waals surface area (Å²) in [5.41, 5.74) is 5.54. The number of carbonyl (C=O) groups is 1. The maximum Gasteiger partial charge on any atom is 0.248 e. The molecule has 0 aromatic heterocycles. The Morgan fingerprint density at radius 3 is 2.00 bits per heavy atom. The summed E-state index contributed by atoms with van der Waals surface area (Å²) in [5.74, 6) is -0.396. The van der Waals surface area contributed by atoms with Crippen LogP contribution in [-0.2, 0) is 0 Å². The van der Waals surface area contributed by atoms with Crippen molar-refractivity contribution in [3.05, 3.63) is 34.3 Å². The predicted molar refractivity (Wildman–Crippen MR) is 54.0 cm³/mol. The molecule has 0 radical (unpaired) electrons. The Hall–Kier alpha value is -0.830. The lowest BCUT2D eigenvalue weighted by Crippen LogP contribution is -2.10. The molecule has 0 aliphatic rings. The second-order valence-electron chi connectivity index (χ2n) is 1.87. The second-order valence-corrected chi connectivity index (χ2v) is 2.79. The molecule has 0 aliphatic carbocycles. The molecular weight excluding hydrogens is 218 g/mol. The van der Waals surface area contributed by atoms with Crippen LogP contribution in [0.15, 0.2) is 28.7 Å². The third-order valence-corrected chi connectivity index (χ3v) is 1.66. The number of hydrogen-bond acceptors (Lipinski definition) is 1. The van der Waals surface area contributed by atoms with Gasteiger partial charge in [-0.3, -0.25) is 4.79 Å². The van der Waals surface area contributed by atoms with Crippen LogP contribution in [0.2, 0.25) is 0 Å². The van der Waals surface area contributed by atoms with Gasteiger partial charge in [0.2, 0.25) is 5.91 Å². The lowest BCUT2D eigenvalue weighted by Gasteiger charge is -1.92. The number of rotatable bonds is 1. The average molecular weight is 230 g/mol. The molecule has 1 aromatic carbocycles. The van der Waals surface area contributed by atoms with Crippen LogP contribution in [0.4, 0.5) is 0 Å². The van der Waals surface area contributed by atoms with E-state index >= 15 is 0 Å². The minimum Gasteiger partial charge on any atom is -0.366 e. The molecule has 2 N–H and O–H groups in total. The van der Waals surface area contributed by atoms with Gasteiger partial charge in [0.15, 0.2) is 0 Å². The number of benzene rings is 1. The van der Waals surface area contributed by atoms with Crippen LogP contribution in [0.25, 0.3) is 0 Å². The third kappa shape index (κ3) is 3.53. The zero-order chi connectivity index (χ0) is 9.56. The van der Waals surface area contributed by atoms with Gasteiger partial charge in [0, 0.05) is 10.0 Å². The third-order valence-electron chi connectivity index (χ3n) is 1.13. The molecule has 0 unspecified atom stereocenters. The quantitative estimate of drug-likeness (QED) is 0.791. The normalized spacial score (nSPS) is 8.25. The minimum absolute atomic E-state index is 0.396. The Balaban J connectivity index is 0.000000561. The van der Waals surface area contributed by atoms with E-state index in [-0.39, 0.29) is 0 Å². The molecule has 0 aliphatic heterocycles. The first-order valence-electron chi connectivity index (χ1n) is 3.75. The Morgan fingerprint density at radius 1 is 1.25 bits per heavy atom. The van der Waals surface area contributed by atoms with Crippen molar-refractivity contribution < 1.29 is 4.79 Å². The summed E-state index contributed by atoms with van der Waals surface area (Å²) in [6, 6.07) is 6.90. The smallest absolute Gasteiger partial charge is 0.248 e. The molecule has 1 amide bonds. The number of halogens is 1. The largest absolute Gasteiger partial charge is 0.366 e. The maximum atomic E-state index is 10.5. The number of nitrogens with two attached hydrogens (primary N) is 1. The van der Waals surface area contributed by atoms with Gasteiger partial charge >= 0.3 is 0 Å². The molecule has 0 atom stereocenters. The zero-order valence-corrected chi connectivity index (χ0v) is 8.76. The van der Waals surface area contributed by atoms with Gasteiger partial charge in [0.25, 0.3) is 0 Å². The molecule has 12 heavy (non-hydrogen) atoms. The van der Waals surface area contributed by atoms with Crippen LogP contribution in [0.1, 0.15) is 24.2 Å². The summed E-state index contributed by atoms with van der Waals surface area (Å²) >= 11 is 3.24. The summed E-state index contributed by atoms with van der Waals surface area (Å²) in [4.78, 5) is 10.5. The highest BCUT2D eigenvalue weighted by Gasteiger charge is 1.96. The summed E-state index contributed by atoms with van der Waals surface area (Å²) in [6.07, 6.45) is 0. The Labute approximate surface area is 80.9 Å². The van der Waals surface area contributed by atoms with Gasteiger partial charge in [-0.25, -0.2) is 0 Å². The number of hydrogen-bond donors (Lipinski definition) is 1. The van der Waals surface area contributed by atoms with Crippen molar-refractivity contribution in [2.24, 2.45) is 5.73 Å². The molecule has 0 fully saturated rings. The second kappa shape index (κ2) is 5.77. The van der Waals surface area contributed by atoms with E-state index in [0.29, 0.717) is 5.56 Å².